The van der Waals surface area contributed by atoms with E-state index in [1.54, 1.807) is 37.3 Å². The Morgan fingerprint density at radius 2 is 1.72 bits per heavy atom. The lowest BCUT2D eigenvalue weighted by Crippen LogP contribution is -2.39. The fourth-order valence-corrected chi connectivity index (χ4v) is 3.51. The molecule has 0 saturated carbocycles. The number of rotatable bonds is 8. The van der Waals surface area contributed by atoms with Crippen molar-refractivity contribution in [3.05, 3.63) is 92.9 Å². The Morgan fingerprint density at radius 3 is 2.47 bits per heavy atom. The minimum Gasteiger partial charge on any atom is -0.483 e. The monoisotopic (exact) mass is 546 g/mol. The van der Waals surface area contributed by atoms with Crippen LogP contribution < -0.4 is 20.8 Å². The number of hydrogen-bond acceptors (Lipinski definition) is 5. The van der Waals surface area contributed by atoms with Gasteiger partial charge in [0.1, 0.15) is 5.75 Å². The molecule has 0 aliphatic carbocycles. The summed E-state index contributed by atoms with van der Waals surface area (Å²) >= 11 is 18.1. The molecule has 11 heteroatoms. The molecule has 186 valence electrons. The second kappa shape index (κ2) is 12.9. The molecule has 0 unspecified atom stereocenters. The number of amides is 3. The lowest BCUT2D eigenvalue weighted by atomic mass is 10.1. The van der Waals surface area contributed by atoms with Gasteiger partial charge in [0.15, 0.2) is 6.61 Å². The number of halogens is 3. The quantitative estimate of drug-likeness (QED) is 0.210. The van der Waals surface area contributed by atoms with Crippen molar-refractivity contribution in [1.82, 2.24) is 10.7 Å². The van der Waals surface area contributed by atoms with Crippen LogP contribution >= 0.6 is 34.8 Å². The molecule has 0 bridgehead atoms. The van der Waals surface area contributed by atoms with Gasteiger partial charge >= 0.3 is 11.8 Å². The number of ether oxygens (including phenoxy) is 1. The van der Waals surface area contributed by atoms with E-state index in [-0.39, 0.29) is 23.4 Å². The van der Waals surface area contributed by atoms with Crippen molar-refractivity contribution in [2.45, 2.75) is 13.0 Å². The molecule has 3 N–H and O–H groups in total. The SMILES string of the molecule is C[C@@H](NC(=O)C(=O)N/N=C\c1cc(Cl)ccc1OCC(=O)Nc1cccc(Cl)c1Cl)c1ccccc1. The van der Waals surface area contributed by atoms with Crippen molar-refractivity contribution in [2.75, 3.05) is 11.9 Å². The summed E-state index contributed by atoms with van der Waals surface area (Å²) < 4.78 is 5.57. The van der Waals surface area contributed by atoms with Crippen LogP contribution in [-0.2, 0) is 14.4 Å². The van der Waals surface area contributed by atoms with E-state index in [1.807, 2.05) is 30.3 Å². The molecular weight excluding hydrogens is 527 g/mol. The summed E-state index contributed by atoms with van der Waals surface area (Å²) in [5.41, 5.74) is 3.72. The molecule has 0 heterocycles. The normalized spacial score (nSPS) is 11.6. The number of anilines is 1. The van der Waals surface area contributed by atoms with Crippen LogP contribution in [-0.4, -0.2) is 30.5 Å². The average molecular weight is 548 g/mol. The number of hydrogen-bond donors (Lipinski definition) is 3. The Balaban J connectivity index is 1.57. The molecule has 0 aliphatic heterocycles. The maximum atomic E-state index is 12.3. The van der Waals surface area contributed by atoms with Gasteiger partial charge in [-0.05, 0) is 42.8 Å². The van der Waals surface area contributed by atoms with Gasteiger partial charge in [-0.1, -0.05) is 71.2 Å². The zero-order valence-electron chi connectivity index (χ0n) is 18.9. The highest BCUT2D eigenvalue weighted by Gasteiger charge is 2.16. The standard InChI is InChI=1S/C25H21Cl3N4O4/c1-15(16-6-3-2-4-7-16)30-24(34)25(35)32-29-13-17-12-18(26)10-11-21(17)36-14-22(33)31-20-9-5-8-19(27)23(20)28/h2-13,15H,14H2,1H3,(H,30,34)(H,31,33)(H,32,35)/b29-13-/t15-/m1/s1. The first kappa shape index (κ1) is 27.0. The molecule has 8 nitrogen and oxygen atoms in total. The summed E-state index contributed by atoms with van der Waals surface area (Å²) in [7, 11) is 0. The van der Waals surface area contributed by atoms with Gasteiger partial charge in [0, 0.05) is 10.6 Å². The Bertz CT molecular complexity index is 1290. The van der Waals surface area contributed by atoms with Crippen molar-refractivity contribution in [3.63, 3.8) is 0 Å². The molecule has 0 saturated heterocycles. The number of nitrogens with zero attached hydrogens (tertiary/aromatic N) is 1. The number of hydrazone groups is 1. The maximum Gasteiger partial charge on any atom is 0.329 e. The van der Waals surface area contributed by atoms with Gasteiger partial charge in [-0.2, -0.15) is 5.10 Å². The van der Waals surface area contributed by atoms with E-state index in [4.69, 9.17) is 39.5 Å². The highest BCUT2D eigenvalue weighted by molar-refractivity contribution is 6.44. The first-order chi connectivity index (χ1) is 17.2. The average Bonchev–Trinajstić information content (AvgIpc) is 2.86. The molecule has 0 radical (unpaired) electrons. The molecule has 3 amide bonds. The van der Waals surface area contributed by atoms with Gasteiger partial charge in [-0.15, -0.1) is 0 Å². The van der Waals surface area contributed by atoms with Crippen molar-refractivity contribution in [3.8, 4) is 5.75 Å². The van der Waals surface area contributed by atoms with Crippen molar-refractivity contribution in [1.29, 1.82) is 0 Å². The zero-order chi connectivity index (χ0) is 26.1. The molecular formula is C25H21Cl3N4O4. The molecule has 0 spiro atoms. The van der Waals surface area contributed by atoms with E-state index in [1.165, 1.54) is 12.3 Å². The van der Waals surface area contributed by atoms with Crippen LogP contribution in [0.2, 0.25) is 15.1 Å². The number of carbonyl (C=O) groups excluding carboxylic acids is 3. The van der Waals surface area contributed by atoms with Crippen LogP contribution in [0.3, 0.4) is 0 Å². The summed E-state index contributed by atoms with van der Waals surface area (Å²) in [5.74, 6) is -2.00. The number of benzene rings is 3. The second-order valence-corrected chi connectivity index (χ2v) is 8.65. The molecule has 0 aromatic heterocycles. The van der Waals surface area contributed by atoms with Gasteiger partial charge in [0.2, 0.25) is 0 Å². The highest BCUT2D eigenvalue weighted by Crippen LogP contribution is 2.29. The predicted octanol–water partition coefficient (Wildman–Crippen LogP) is 4.99. The molecule has 1 atom stereocenters. The molecule has 3 aromatic rings. The maximum absolute atomic E-state index is 12.3. The number of nitrogens with one attached hydrogen (secondary N) is 3. The fraction of sp³-hybridized carbons (Fsp3) is 0.120. The van der Waals surface area contributed by atoms with E-state index >= 15 is 0 Å². The minimum atomic E-state index is -0.948. The van der Waals surface area contributed by atoms with E-state index in [9.17, 15) is 14.4 Å². The van der Waals surface area contributed by atoms with Crippen LogP contribution in [0, 0.1) is 0 Å². The lowest BCUT2D eigenvalue weighted by molar-refractivity contribution is -0.139. The first-order valence-corrected chi connectivity index (χ1v) is 11.7. The summed E-state index contributed by atoms with van der Waals surface area (Å²) in [6.45, 7) is 1.41. The van der Waals surface area contributed by atoms with Gasteiger partial charge in [-0.25, -0.2) is 5.43 Å². The Labute approximate surface area is 222 Å². The highest BCUT2D eigenvalue weighted by atomic mass is 35.5. The lowest BCUT2D eigenvalue weighted by Gasteiger charge is -2.13. The van der Waals surface area contributed by atoms with Crippen molar-refractivity contribution >= 4 is 64.4 Å². The topological polar surface area (TPSA) is 109 Å². The van der Waals surface area contributed by atoms with E-state index in [0.717, 1.165) is 5.56 Å². The van der Waals surface area contributed by atoms with E-state index in [2.05, 4.69) is 21.2 Å². The fourth-order valence-electron chi connectivity index (χ4n) is 2.98. The van der Waals surface area contributed by atoms with Crippen LogP contribution in [0.4, 0.5) is 5.69 Å². The summed E-state index contributed by atoms with van der Waals surface area (Å²) in [6, 6.07) is 18.3. The number of carbonyl (C=O) groups is 3. The van der Waals surface area contributed by atoms with Crippen LogP contribution in [0.15, 0.2) is 71.8 Å². The predicted molar refractivity (Wildman–Crippen MR) is 141 cm³/mol. The summed E-state index contributed by atoms with van der Waals surface area (Å²) in [4.78, 5) is 36.6. The van der Waals surface area contributed by atoms with Crippen molar-refractivity contribution < 1.29 is 19.1 Å². The smallest absolute Gasteiger partial charge is 0.329 e. The molecule has 3 rings (SSSR count). The Hall–Kier alpha value is -3.59. The minimum absolute atomic E-state index is 0.213. The van der Waals surface area contributed by atoms with Gasteiger partial charge in [0.05, 0.1) is 28.0 Å². The Kier molecular flexibility index (Phi) is 9.69. The summed E-state index contributed by atoms with van der Waals surface area (Å²) in [6.07, 6.45) is 1.25. The Morgan fingerprint density at radius 1 is 0.972 bits per heavy atom. The third-order valence-corrected chi connectivity index (χ3v) is 5.83. The van der Waals surface area contributed by atoms with Gasteiger partial charge < -0.3 is 15.4 Å². The molecule has 0 fully saturated rings. The third-order valence-electron chi connectivity index (χ3n) is 4.78. The third kappa shape index (κ3) is 7.71. The van der Waals surface area contributed by atoms with Gasteiger partial charge in [-0.3, -0.25) is 14.4 Å². The molecule has 36 heavy (non-hydrogen) atoms. The van der Waals surface area contributed by atoms with Crippen LogP contribution in [0.5, 0.6) is 5.75 Å². The van der Waals surface area contributed by atoms with Crippen molar-refractivity contribution in [2.24, 2.45) is 5.10 Å². The van der Waals surface area contributed by atoms with E-state index < -0.39 is 17.7 Å². The van der Waals surface area contributed by atoms with Crippen LogP contribution in [0.1, 0.15) is 24.1 Å². The molecule has 3 aromatic carbocycles. The second-order valence-electron chi connectivity index (χ2n) is 7.43. The van der Waals surface area contributed by atoms with Crippen LogP contribution in [0.25, 0.3) is 0 Å². The van der Waals surface area contributed by atoms with E-state index in [0.29, 0.717) is 21.3 Å². The summed E-state index contributed by atoms with van der Waals surface area (Å²) in [5, 5.41) is 9.89. The largest absolute Gasteiger partial charge is 0.483 e. The first-order valence-electron chi connectivity index (χ1n) is 10.6. The zero-order valence-corrected chi connectivity index (χ0v) is 21.2. The molecule has 0 aliphatic rings. The van der Waals surface area contributed by atoms with Gasteiger partial charge in [0.25, 0.3) is 5.91 Å².